The van der Waals surface area contributed by atoms with Crippen LogP contribution in [0.15, 0.2) is 30.0 Å². The monoisotopic (exact) mass is 278 g/mol. The Morgan fingerprint density at radius 2 is 1.60 bits per heavy atom. The summed E-state index contributed by atoms with van der Waals surface area (Å²) in [6, 6.07) is 7.13. The Kier molecular flexibility index (Phi) is 3.94. The van der Waals surface area contributed by atoms with Gasteiger partial charge in [0.1, 0.15) is 11.5 Å². The standard InChI is InChI=1S/C15H20BFO3/c1-14(2)15(3,4)20-16(19-14)13(17)10-11-6-8-12(18-5)9-7-11/h6-10H,1-5H3. The first kappa shape index (κ1) is 15.1. The zero-order valence-corrected chi connectivity index (χ0v) is 12.6. The number of ether oxygens (including phenoxy) is 1. The van der Waals surface area contributed by atoms with E-state index < -0.39 is 24.0 Å². The van der Waals surface area contributed by atoms with Gasteiger partial charge in [-0.25, -0.2) is 4.39 Å². The van der Waals surface area contributed by atoms with Crippen LogP contribution in [0.25, 0.3) is 6.08 Å². The van der Waals surface area contributed by atoms with E-state index in [4.69, 9.17) is 14.0 Å². The van der Waals surface area contributed by atoms with Crippen LogP contribution in [0.4, 0.5) is 4.39 Å². The molecule has 0 aliphatic carbocycles. The lowest BCUT2D eigenvalue weighted by Crippen LogP contribution is -2.41. The van der Waals surface area contributed by atoms with Crippen LogP contribution in [0.3, 0.4) is 0 Å². The Hall–Kier alpha value is -1.33. The topological polar surface area (TPSA) is 27.7 Å². The predicted octanol–water partition coefficient (Wildman–Crippen LogP) is 3.64. The van der Waals surface area contributed by atoms with E-state index in [1.54, 1.807) is 31.4 Å². The molecule has 0 N–H and O–H groups in total. The van der Waals surface area contributed by atoms with Gasteiger partial charge >= 0.3 is 7.12 Å². The molecule has 1 aliphatic heterocycles. The van der Waals surface area contributed by atoms with Crippen LogP contribution < -0.4 is 4.74 Å². The second-order valence-corrected chi connectivity index (χ2v) is 5.89. The van der Waals surface area contributed by atoms with Crippen LogP contribution in [0.5, 0.6) is 5.75 Å². The smallest absolute Gasteiger partial charge is 0.497 e. The third-order valence-corrected chi connectivity index (χ3v) is 3.90. The molecular weight excluding hydrogens is 258 g/mol. The van der Waals surface area contributed by atoms with Gasteiger partial charge in [0.15, 0.2) is 0 Å². The van der Waals surface area contributed by atoms with E-state index in [1.165, 1.54) is 6.08 Å². The average Bonchev–Trinajstić information content (AvgIpc) is 2.59. The van der Waals surface area contributed by atoms with Gasteiger partial charge in [-0.05, 0) is 51.5 Å². The summed E-state index contributed by atoms with van der Waals surface area (Å²) in [4.78, 5) is 0. The second kappa shape index (κ2) is 5.22. The van der Waals surface area contributed by atoms with E-state index in [0.717, 1.165) is 11.3 Å². The molecule has 1 saturated heterocycles. The lowest BCUT2D eigenvalue weighted by molar-refractivity contribution is 0.00578. The molecule has 1 aliphatic rings. The molecule has 3 nitrogen and oxygen atoms in total. The van der Waals surface area contributed by atoms with Crippen molar-refractivity contribution < 1.29 is 18.4 Å². The highest BCUT2D eigenvalue weighted by Gasteiger charge is 2.52. The minimum atomic E-state index is -0.956. The SMILES string of the molecule is COc1ccc(C=C(F)B2OC(C)(C)C(C)(C)O2)cc1. The van der Waals surface area contributed by atoms with Crippen LogP contribution in [-0.4, -0.2) is 25.4 Å². The van der Waals surface area contributed by atoms with E-state index in [-0.39, 0.29) is 0 Å². The van der Waals surface area contributed by atoms with Crippen molar-refractivity contribution in [2.24, 2.45) is 0 Å². The van der Waals surface area contributed by atoms with E-state index in [0.29, 0.717) is 0 Å². The molecule has 1 aromatic carbocycles. The van der Waals surface area contributed by atoms with Gasteiger partial charge in [0.05, 0.1) is 18.3 Å². The van der Waals surface area contributed by atoms with Crippen molar-refractivity contribution in [3.63, 3.8) is 0 Å². The zero-order valence-electron chi connectivity index (χ0n) is 12.6. The molecule has 0 saturated carbocycles. The Morgan fingerprint density at radius 3 is 2.05 bits per heavy atom. The fraction of sp³-hybridized carbons (Fsp3) is 0.467. The molecular formula is C15H20BFO3. The summed E-state index contributed by atoms with van der Waals surface area (Å²) < 4.78 is 30.6. The molecule has 1 aromatic rings. The Labute approximate surface area is 119 Å². The normalized spacial score (nSPS) is 21.1. The number of halogens is 1. The van der Waals surface area contributed by atoms with Crippen molar-refractivity contribution >= 4 is 13.2 Å². The molecule has 108 valence electrons. The Balaban J connectivity index is 2.15. The fourth-order valence-electron chi connectivity index (χ4n) is 1.88. The molecule has 0 atom stereocenters. The lowest BCUT2D eigenvalue weighted by Gasteiger charge is -2.32. The molecule has 5 heteroatoms. The first-order valence-corrected chi connectivity index (χ1v) is 6.62. The van der Waals surface area contributed by atoms with Crippen molar-refractivity contribution in [2.45, 2.75) is 38.9 Å². The van der Waals surface area contributed by atoms with Crippen molar-refractivity contribution in [1.29, 1.82) is 0 Å². The largest absolute Gasteiger partial charge is 0.525 e. The Bertz CT molecular complexity index is 492. The van der Waals surface area contributed by atoms with Gasteiger partial charge in [0.25, 0.3) is 0 Å². The van der Waals surface area contributed by atoms with Gasteiger partial charge in [-0.2, -0.15) is 0 Å². The molecule has 1 heterocycles. The lowest BCUT2D eigenvalue weighted by atomic mass is 9.87. The van der Waals surface area contributed by atoms with Crippen LogP contribution >= 0.6 is 0 Å². The average molecular weight is 278 g/mol. The van der Waals surface area contributed by atoms with Gasteiger partial charge < -0.3 is 14.0 Å². The quantitative estimate of drug-likeness (QED) is 0.790. The highest BCUT2D eigenvalue weighted by atomic mass is 19.1. The number of rotatable bonds is 3. The van der Waals surface area contributed by atoms with Gasteiger partial charge in [0.2, 0.25) is 0 Å². The van der Waals surface area contributed by atoms with Crippen LogP contribution in [0.2, 0.25) is 0 Å². The van der Waals surface area contributed by atoms with Crippen molar-refractivity contribution in [3.05, 3.63) is 35.6 Å². The molecule has 0 bridgehead atoms. The number of methoxy groups -OCH3 is 1. The zero-order chi connectivity index (χ0) is 15.0. The third kappa shape index (κ3) is 2.89. The number of hydrogen-bond donors (Lipinski definition) is 0. The summed E-state index contributed by atoms with van der Waals surface area (Å²) in [5.74, 6) is 0.734. The molecule has 0 radical (unpaired) electrons. The van der Waals surface area contributed by atoms with Crippen LogP contribution in [0.1, 0.15) is 33.3 Å². The highest BCUT2D eigenvalue weighted by molar-refractivity contribution is 6.54. The third-order valence-electron chi connectivity index (χ3n) is 3.90. The predicted molar refractivity (Wildman–Crippen MR) is 78.2 cm³/mol. The van der Waals surface area contributed by atoms with E-state index in [9.17, 15) is 4.39 Å². The molecule has 0 aromatic heterocycles. The molecule has 20 heavy (non-hydrogen) atoms. The maximum atomic E-state index is 14.2. The minimum Gasteiger partial charge on any atom is -0.497 e. The number of benzene rings is 1. The van der Waals surface area contributed by atoms with Gasteiger partial charge in [0, 0.05) is 0 Å². The summed E-state index contributed by atoms with van der Waals surface area (Å²) in [6.45, 7) is 7.59. The summed E-state index contributed by atoms with van der Waals surface area (Å²) in [5, 5.41) is 0. The fourth-order valence-corrected chi connectivity index (χ4v) is 1.88. The maximum absolute atomic E-state index is 14.2. The van der Waals surface area contributed by atoms with Gasteiger partial charge in [-0.3, -0.25) is 0 Å². The van der Waals surface area contributed by atoms with Gasteiger partial charge in [-0.1, -0.05) is 12.1 Å². The van der Waals surface area contributed by atoms with E-state index in [1.807, 2.05) is 27.7 Å². The highest BCUT2D eigenvalue weighted by Crippen LogP contribution is 2.39. The van der Waals surface area contributed by atoms with Crippen LogP contribution in [-0.2, 0) is 9.31 Å². The molecule has 2 rings (SSSR count). The first-order valence-electron chi connectivity index (χ1n) is 6.62. The van der Waals surface area contributed by atoms with Crippen molar-refractivity contribution in [3.8, 4) is 5.75 Å². The molecule has 1 fully saturated rings. The second-order valence-electron chi connectivity index (χ2n) is 5.89. The number of hydrogen-bond acceptors (Lipinski definition) is 3. The minimum absolute atomic E-state index is 0.436. The molecule has 0 unspecified atom stereocenters. The van der Waals surface area contributed by atoms with E-state index in [2.05, 4.69) is 0 Å². The van der Waals surface area contributed by atoms with Crippen molar-refractivity contribution in [1.82, 2.24) is 0 Å². The Morgan fingerprint density at radius 1 is 1.10 bits per heavy atom. The summed E-state index contributed by atoms with van der Waals surface area (Å²) in [7, 11) is 0.637. The summed E-state index contributed by atoms with van der Waals surface area (Å²) >= 11 is 0. The first-order chi connectivity index (χ1) is 9.25. The van der Waals surface area contributed by atoms with E-state index >= 15 is 0 Å². The van der Waals surface area contributed by atoms with Crippen LogP contribution in [0, 0.1) is 0 Å². The summed E-state index contributed by atoms with van der Waals surface area (Å²) in [6.07, 6.45) is 1.42. The molecule has 0 amide bonds. The maximum Gasteiger partial charge on any atom is 0.525 e. The summed E-state index contributed by atoms with van der Waals surface area (Å²) in [5.41, 5.74) is -0.780. The van der Waals surface area contributed by atoms with Crippen molar-refractivity contribution in [2.75, 3.05) is 7.11 Å². The van der Waals surface area contributed by atoms with Gasteiger partial charge in [-0.15, -0.1) is 0 Å². The molecule has 0 spiro atoms.